The lowest BCUT2D eigenvalue weighted by atomic mass is 10.1. The largest absolute Gasteiger partial charge is 0.336 e. The lowest BCUT2D eigenvalue weighted by Crippen LogP contribution is -2.48. The van der Waals surface area contributed by atoms with Crippen molar-refractivity contribution in [1.29, 1.82) is 0 Å². The Morgan fingerprint density at radius 3 is 2.25 bits per heavy atom. The van der Waals surface area contributed by atoms with Crippen molar-refractivity contribution in [2.24, 2.45) is 7.05 Å². The molecule has 8 heteroatoms. The lowest BCUT2D eigenvalue weighted by Gasteiger charge is -2.34. The number of nitrogens with zero attached hydrogens (tertiary/aromatic N) is 5. The number of amides is 3. The second-order valence-corrected chi connectivity index (χ2v) is 8.13. The van der Waals surface area contributed by atoms with Crippen LogP contribution in [0.5, 0.6) is 0 Å². The van der Waals surface area contributed by atoms with Gasteiger partial charge in [0.2, 0.25) is 0 Å². The monoisotopic (exact) mass is 429 g/mol. The van der Waals surface area contributed by atoms with Gasteiger partial charge in [-0.3, -0.25) is 24.0 Å². The van der Waals surface area contributed by atoms with Crippen LogP contribution in [0.1, 0.15) is 36.6 Å². The van der Waals surface area contributed by atoms with E-state index >= 15 is 0 Å². The van der Waals surface area contributed by atoms with Crippen molar-refractivity contribution < 1.29 is 14.4 Å². The Kier molecular flexibility index (Phi) is 5.07. The summed E-state index contributed by atoms with van der Waals surface area (Å²) in [6, 6.07) is 13.5. The molecule has 0 atom stereocenters. The van der Waals surface area contributed by atoms with Crippen molar-refractivity contribution in [1.82, 2.24) is 19.6 Å². The minimum atomic E-state index is -0.362. The zero-order valence-electron chi connectivity index (χ0n) is 17.8. The molecule has 1 aromatic heterocycles. The van der Waals surface area contributed by atoms with E-state index in [1.807, 2.05) is 24.3 Å². The van der Waals surface area contributed by atoms with E-state index < -0.39 is 0 Å². The minimum absolute atomic E-state index is 0.0931. The summed E-state index contributed by atoms with van der Waals surface area (Å²) in [5.74, 6) is -0.817. The Labute approximate surface area is 185 Å². The molecule has 3 amide bonds. The fraction of sp³-hybridized carbons (Fsp3) is 0.250. The van der Waals surface area contributed by atoms with Crippen LogP contribution in [0, 0.1) is 0 Å². The number of benzene rings is 2. The molecule has 2 aliphatic heterocycles. The normalized spacial score (nSPS) is 16.5. The first-order valence-electron chi connectivity index (χ1n) is 10.6. The molecule has 1 fully saturated rings. The molecule has 32 heavy (non-hydrogen) atoms. The van der Waals surface area contributed by atoms with Crippen molar-refractivity contribution in [2.45, 2.75) is 6.54 Å². The molecule has 0 aliphatic carbocycles. The molecule has 0 bridgehead atoms. The molecule has 0 N–H and O–H groups in total. The van der Waals surface area contributed by atoms with Gasteiger partial charge in [0.25, 0.3) is 17.7 Å². The highest BCUT2D eigenvalue weighted by Crippen LogP contribution is 2.29. The molecule has 1 saturated heterocycles. The number of carbonyl (C=O) groups excluding carboxylic acids is 3. The van der Waals surface area contributed by atoms with Crippen molar-refractivity contribution in [3.63, 3.8) is 0 Å². The first-order valence-corrected chi connectivity index (χ1v) is 10.6. The first kappa shape index (κ1) is 20.1. The van der Waals surface area contributed by atoms with Gasteiger partial charge in [0.1, 0.15) is 0 Å². The Hall–Kier alpha value is -3.78. The summed E-state index contributed by atoms with van der Waals surface area (Å²) < 4.78 is 1.79. The van der Waals surface area contributed by atoms with Crippen LogP contribution in [0.15, 0.2) is 60.9 Å². The summed E-state index contributed by atoms with van der Waals surface area (Å²) >= 11 is 0. The third-order valence-corrected chi connectivity index (χ3v) is 5.97. The molecule has 0 unspecified atom stereocenters. The number of carbonyl (C=O) groups is 3. The molecule has 0 radical (unpaired) electrons. The maximum atomic E-state index is 13.1. The van der Waals surface area contributed by atoms with E-state index in [4.69, 9.17) is 0 Å². The Bertz CT molecular complexity index is 1170. The Morgan fingerprint density at radius 1 is 0.938 bits per heavy atom. The Balaban J connectivity index is 1.28. The standard InChI is InChI=1S/C24H23N5O3/c1-26-15-17(14-25-26)16-27-9-11-28(12-10-27)22(30)18-5-4-6-19(13-18)29-23(31)20-7-2-3-8-21(20)24(29)32/h2-8,13-15H,9-12,16H2,1H3. The smallest absolute Gasteiger partial charge is 0.266 e. The average molecular weight is 429 g/mol. The molecule has 0 spiro atoms. The topological polar surface area (TPSA) is 78.8 Å². The van der Waals surface area contributed by atoms with E-state index in [1.165, 1.54) is 0 Å². The zero-order chi connectivity index (χ0) is 22.2. The van der Waals surface area contributed by atoms with Crippen molar-refractivity contribution in [3.8, 4) is 0 Å². The van der Waals surface area contributed by atoms with Crippen molar-refractivity contribution in [2.75, 3.05) is 31.1 Å². The highest BCUT2D eigenvalue weighted by atomic mass is 16.2. The molecule has 2 aliphatic rings. The third-order valence-electron chi connectivity index (χ3n) is 5.97. The molecular weight excluding hydrogens is 406 g/mol. The zero-order valence-corrected chi connectivity index (χ0v) is 17.8. The molecule has 8 nitrogen and oxygen atoms in total. The maximum absolute atomic E-state index is 13.1. The van der Waals surface area contributed by atoms with Gasteiger partial charge >= 0.3 is 0 Å². The number of rotatable bonds is 4. The summed E-state index contributed by atoms with van der Waals surface area (Å²) in [6.45, 7) is 3.61. The second-order valence-electron chi connectivity index (χ2n) is 8.13. The Morgan fingerprint density at radius 2 is 1.62 bits per heavy atom. The fourth-order valence-corrected chi connectivity index (χ4v) is 4.31. The lowest BCUT2D eigenvalue weighted by molar-refractivity contribution is 0.0628. The van der Waals surface area contributed by atoms with Crippen LogP contribution in [0.25, 0.3) is 0 Å². The van der Waals surface area contributed by atoms with Crippen LogP contribution in [0.4, 0.5) is 5.69 Å². The van der Waals surface area contributed by atoms with Gasteiger partial charge in [0.05, 0.1) is 23.0 Å². The van der Waals surface area contributed by atoms with E-state index in [0.717, 1.165) is 30.1 Å². The van der Waals surface area contributed by atoms with Crippen LogP contribution >= 0.6 is 0 Å². The summed E-state index contributed by atoms with van der Waals surface area (Å²) in [4.78, 5) is 43.9. The van der Waals surface area contributed by atoms with Crippen LogP contribution < -0.4 is 4.90 Å². The predicted octanol–water partition coefficient (Wildman–Crippen LogP) is 2.18. The summed E-state index contributed by atoms with van der Waals surface area (Å²) in [5.41, 5.74) is 2.82. The SMILES string of the molecule is Cn1cc(CN2CCN(C(=O)c3cccc(N4C(=O)c5ccccc5C4=O)c3)CC2)cn1. The molecular formula is C24H23N5O3. The van der Waals surface area contributed by atoms with E-state index in [9.17, 15) is 14.4 Å². The highest BCUT2D eigenvalue weighted by molar-refractivity contribution is 6.34. The van der Waals surface area contributed by atoms with Gasteiger partial charge in [-0.2, -0.15) is 5.10 Å². The fourth-order valence-electron chi connectivity index (χ4n) is 4.31. The summed E-state index contributed by atoms with van der Waals surface area (Å²) in [5, 5.41) is 4.20. The van der Waals surface area contributed by atoms with Gasteiger partial charge in [-0.1, -0.05) is 18.2 Å². The van der Waals surface area contributed by atoms with Gasteiger partial charge in [-0.25, -0.2) is 4.90 Å². The van der Waals surface area contributed by atoms with E-state index in [0.29, 0.717) is 35.5 Å². The first-order chi connectivity index (χ1) is 15.5. The molecule has 3 aromatic rings. The maximum Gasteiger partial charge on any atom is 0.266 e. The number of aromatic nitrogens is 2. The summed E-state index contributed by atoms with van der Waals surface area (Å²) in [7, 11) is 1.90. The molecule has 162 valence electrons. The van der Waals surface area contributed by atoms with Crippen LogP contribution in [-0.2, 0) is 13.6 Å². The predicted molar refractivity (Wildman–Crippen MR) is 118 cm³/mol. The van der Waals surface area contributed by atoms with Gasteiger partial charge in [0.15, 0.2) is 0 Å². The number of hydrogen-bond donors (Lipinski definition) is 0. The van der Waals surface area contributed by atoms with Crippen LogP contribution in [0.3, 0.4) is 0 Å². The minimum Gasteiger partial charge on any atom is -0.336 e. The van der Waals surface area contributed by atoms with Crippen molar-refractivity contribution in [3.05, 3.63) is 83.2 Å². The van der Waals surface area contributed by atoms with Crippen LogP contribution in [0.2, 0.25) is 0 Å². The van der Waals surface area contributed by atoms with Gasteiger partial charge < -0.3 is 4.90 Å². The molecule has 0 saturated carbocycles. The van der Waals surface area contributed by atoms with Gasteiger partial charge in [0, 0.05) is 57.1 Å². The summed E-state index contributed by atoms with van der Waals surface area (Å²) in [6.07, 6.45) is 3.87. The third kappa shape index (κ3) is 3.58. The van der Waals surface area contributed by atoms with Gasteiger partial charge in [-0.15, -0.1) is 0 Å². The molecule has 3 heterocycles. The molecule has 2 aromatic carbocycles. The second kappa shape index (κ2) is 8.05. The number of aryl methyl sites for hydroxylation is 1. The average Bonchev–Trinajstić information content (AvgIpc) is 3.34. The molecule has 5 rings (SSSR count). The number of imide groups is 1. The number of fused-ring (bicyclic) bond motifs is 1. The van der Waals surface area contributed by atoms with E-state index in [1.54, 1.807) is 53.2 Å². The van der Waals surface area contributed by atoms with E-state index in [-0.39, 0.29) is 17.7 Å². The van der Waals surface area contributed by atoms with Gasteiger partial charge in [-0.05, 0) is 30.3 Å². The van der Waals surface area contributed by atoms with Crippen LogP contribution in [-0.4, -0.2) is 63.5 Å². The number of piperazine rings is 1. The quantitative estimate of drug-likeness (QED) is 0.594. The van der Waals surface area contributed by atoms with Crippen molar-refractivity contribution >= 4 is 23.4 Å². The highest BCUT2D eigenvalue weighted by Gasteiger charge is 2.36. The van der Waals surface area contributed by atoms with E-state index in [2.05, 4.69) is 10.00 Å². The number of anilines is 1. The number of hydrogen-bond acceptors (Lipinski definition) is 5.